The molecule has 2 rings (SSSR count). The number of rotatable bonds is 7. The average molecular weight is 290 g/mol. The molecule has 0 amide bonds. The molecule has 0 unspecified atom stereocenters. The monoisotopic (exact) mass is 290 g/mol. The van der Waals surface area contributed by atoms with Gasteiger partial charge in [0, 0.05) is 6.42 Å². The highest BCUT2D eigenvalue weighted by atomic mass is 19.3. The smallest absolute Gasteiger partial charge is 0.273 e. The van der Waals surface area contributed by atoms with Gasteiger partial charge in [0.1, 0.15) is 6.10 Å². The Labute approximate surface area is 124 Å². The number of alkyl halides is 2. The summed E-state index contributed by atoms with van der Waals surface area (Å²) in [6.07, 6.45) is -1.11. The van der Waals surface area contributed by atoms with Gasteiger partial charge in [-0.05, 0) is 30.4 Å². The lowest BCUT2D eigenvalue weighted by Crippen LogP contribution is -2.34. The Morgan fingerprint density at radius 2 is 1.29 bits per heavy atom. The maximum absolute atomic E-state index is 14.0. The van der Waals surface area contributed by atoms with Crippen molar-refractivity contribution in [2.75, 3.05) is 0 Å². The number of aryl methyl sites for hydroxylation is 2. The highest BCUT2D eigenvalue weighted by molar-refractivity contribution is 5.16. The molecule has 0 aliphatic rings. The van der Waals surface area contributed by atoms with E-state index in [9.17, 15) is 13.9 Å². The molecule has 0 aliphatic carbocycles. The molecule has 0 aliphatic heterocycles. The molecule has 2 aromatic rings. The van der Waals surface area contributed by atoms with Crippen molar-refractivity contribution in [3.05, 3.63) is 71.8 Å². The highest BCUT2D eigenvalue weighted by Gasteiger charge is 2.37. The zero-order chi connectivity index (χ0) is 15.1. The number of aliphatic hydroxyl groups excluding tert-OH is 1. The first-order valence-corrected chi connectivity index (χ1v) is 7.22. The van der Waals surface area contributed by atoms with E-state index in [4.69, 9.17) is 0 Å². The van der Waals surface area contributed by atoms with Crippen LogP contribution in [0.2, 0.25) is 0 Å². The first-order valence-electron chi connectivity index (χ1n) is 7.22. The fourth-order valence-electron chi connectivity index (χ4n) is 2.28. The third kappa shape index (κ3) is 4.94. The van der Waals surface area contributed by atoms with E-state index in [1.807, 2.05) is 60.7 Å². The van der Waals surface area contributed by atoms with Crippen LogP contribution in [0.5, 0.6) is 0 Å². The summed E-state index contributed by atoms with van der Waals surface area (Å²) in [5.41, 5.74) is 1.84. The van der Waals surface area contributed by atoms with Gasteiger partial charge >= 0.3 is 0 Å². The Balaban J connectivity index is 1.83. The number of halogens is 2. The van der Waals surface area contributed by atoms with Crippen LogP contribution in [0.15, 0.2) is 60.7 Å². The predicted octanol–water partition coefficient (Wildman–Crippen LogP) is 4.25. The van der Waals surface area contributed by atoms with Crippen LogP contribution in [0.3, 0.4) is 0 Å². The fraction of sp³-hybridized carbons (Fsp3) is 0.333. The van der Waals surface area contributed by atoms with Crippen molar-refractivity contribution in [2.24, 2.45) is 0 Å². The SMILES string of the molecule is O[C@H](CCc1ccccc1)C(F)(F)CCc1ccccc1. The molecule has 112 valence electrons. The van der Waals surface area contributed by atoms with Crippen LogP contribution in [-0.2, 0) is 12.8 Å². The van der Waals surface area contributed by atoms with Gasteiger partial charge in [0.05, 0.1) is 0 Å². The summed E-state index contributed by atoms with van der Waals surface area (Å²) < 4.78 is 27.9. The zero-order valence-electron chi connectivity index (χ0n) is 11.9. The van der Waals surface area contributed by atoms with Crippen molar-refractivity contribution >= 4 is 0 Å². The molecule has 3 heteroatoms. The number of hydrogen-bond acceptors (Lipinski definition) is 1. The van der Waals surface area contributed by atoms with E-state index in [1.54, 1.807) is 0 Å². The summed E-state index contributed by atoms with van der Waals surface area (Å²) in [7, 11) is 0. The molecule has 0 radical (unpaired) electrons. The molecule has 0 saturated carbocycles. The van der Waals surface area contributed by atoms with Gasteiger partial charge in [-0.3, -0.25) is 0 Å². The molecule has 1 N–H and O–H groups in total. The molecule has 0 heterocycles. The average Bonchev–Trinajstić information content (AvgIpc) is 2.52. The highest BCUT2D eigenvalue weighted by Crippen LogP contribution is 2.28. The lowest BCUT2D eigenvalue weighted by atomic mass is 9.98. The van der Waals surface area contributed by atoms with E-state index in [2.05, 4.69) is 0 Å². The van der Waals surface area contributed by atoms with Crippen LogP contribution in [0.25, 0.3) is 0 Å². The summed E-state index contributed by atoms with van der Waals surface area (Å²) in [6, 6.07) is 18.6. The summed E-state index contributed by atoms with van der Waals surface area (Å²) >= 11 is 0. The van der Waals surface area contributed by atoms with Gasteiger partial charge in [0.25, 0.3) is 5.92 Å². The molecule has 2 aromatic carbocycles. The number of aliphatic hydroxyl groups is 1. The number of benzene rings is 2. The standard InChI is InChI=1S/C18H20F2O/c19-18(20,14-13-16-9-5-2-6-10-16)17(21)12-11-15-7-3-1-4-8-15/h1-10,17,21H,11-14H2/t17-/m1/s1. The minimum atomic E-state index is -3.05. The molecular weight excluding hydrogens is 270 g/mol. The van der Waals surface area contributed by atoms with Crippen molar-refractivity contribution in [3.63, 3.8) is 0 Å². The van der Waals surface area contributed by atoms with Gasteiger partial charge in [-0.1, -0.05) is 60.7 Å². The minimum Gasteiger partial charge on any atom is -0.387 e. The van der Waals surface area contributed by atoms with Crippen molar-refractivity contribution in [3.8, 4) is 0 Å². The molecule has 1 nitrogen and oxygen atoms in total. The normalized spacial score (nSPS) is 13.1. The number of hydrogen-bond donors (Lipinski definition) is 1. The molecule has 0 bridgehead atoms. The summed E-state index contributed by atoms with van der Waals surface area (Å²) in [6.45, 7) is 0. The van der Waals surface area contributed by atoms with E-state index >= 15 is 0 Å². The lowest BCUT2D eigenvalue weighted by molar-refractivity contribution is -0.115. The van der Waals surface area contributed by atoms with E-state index in [0.29, 0.717) is 6.42 Å². The maximum Gasteiger partial charge on any atom is 0.273 e. The van der Waals surface area contributed by atoms with Crippen LogP contribution in [0.1, 0.15) is 24.0 Å². The molecule has 0 spiro atoms. The van der Waals surface area contributed by atoms with Crippen LogP contribution < -0.4 is 0 Å². The molecule has 1 atom stereocenters. The third-order valence-corrected chi connectivity index (χ3v) is 3.63. The largest absolute Gasteiger partial charge is 0.387 e. The van der Waals surface area contributed by atoms with Gasteiger partial charge in [0.15, 0.2) is 0 Å². The van der Waals surface area contributed by atoms with Gasteiger partial charge in [-0.15, -0.1) is 0 Å². The Morgan fingerprint density at radius 1 is 0.810 bits per heavy atom. The van der Waals surface area contributed by atoms with Crippen LogP contribution in [-0.4, -0.2) is 17.1 Å². The van der Waals surface area contributed by atoms with Crippen molar-refractivity contribution < 1.29 is 13.9 Å². The molecule has 0 saturated heterocycles. The summed E-state index contributed by atoms with van der Waals surface area (Å²) in [5, 5.41) is 9.77. The van der Waals surface area contributed by atoms with Gasteiger partial charge in [-0.2, -0.15) is 0 Å². The van der Waals surface area contributed by atoms with Crippen molar-refractivity contribution in [1.29, 1.82) is 0 Å². The Morgan fingerprint density at radius 3 is 1.81 bits per heavy atom. The minimum absolute atomic E-state index is 0.0752. The maximum atomic E-state index is 14.0. The van der Waals surface area contributed by atoms with Crippen LogP contribution in [0, 0.1) is 0 Å². The van der Waals surface area contributed by atoms with Gasteiger partial charge in [-0.25, -0.2) is 8.78 Å². The van der Waals surface area contributed by atoms with Crippen molar-refractivity contribution in [2.45, 2.75) is 37.7 Å². The zero-order valence-corrected chi connectivity index (χ0v) is 11.9. The molecule has 0 fully saturated rings. The van der Waals surface area contributed by atoms with Crippen molar-refractivity contribution in [1.82, 2.24) is 0 Å². The topological polar surface area (TPSA) is 20.2 Å². The Kier molecular flexibility index (Phi) is 5.45. The first-order chi connectivity index (χ1) is 10.1. The van der Waals surface area contributed by atoms with E-state index < -0.39 is 12.0 Å². The Hall–Kier alpha value is -1.74. The second kappa shape index (κ2) is 7.32. The van der Waals surface area contributed by atoms with E-state index in [0.717, 1.165) is 11.1 Å². The van der Waals surface area contributed by atoms with E-state index in [-0.39, 0.29) is 19.3 Å². The molecule has 0 aromatic heterocycles. The second-order valence-electron chi connectivity index (χ2n) is 5.29. The third-order valence-electron chi connectivity index (χ3n) is 3.63. The lowest BCUT2D eigenvalue weighted by Gasteiger charge is -2.22. The van der Waals surface area contributed by atoms with E-state index in [1.165, 1.54) is 0 Å². The quantitative estimate of drug-likeness (QED) is 0.808. The summed E-state index contributed by atoms with van der Waals surface area (Å²) in [5.74, 6) is -3.05. The molecule has 21 heavy (non-hydrogen) atoms. The predicted molar refractivity (Wildman–Crippen MR) is 80.5 cm³/mol. The Bertz CT molecular complexity index is 525. The first kappa shape index (κ1) is 15.6. The van der Waals surface area contributed by atoms with Gasteiger partial charge < -0.3 is 5.11 Å². The molecular formula is C18H20F2O. The fourth-order valence-corrected chi connectivity index (χ4v) is 2.28. The summed E-state index contributed by atoms with van der Waals surface area (Å²) in [4.78, 5) is 0. The van der Waals surface area contributed by atoms with Crippen LogP contribution >= 0.6 is 0 Å². The second-order valence-corrected chi connectivity index (χ2v) is 5.29. The van der Waals surface area contributed by atoms with Gasteiger partial charge in [0.2, 0.25) is 0 Å². The van der Waals surface area contributed by atoms with Crippen LogP contribution in [0.4, 0.5) is 8.78 Å².